The normalized spacial score (nSPS) is 10.0. The number of rotatable bonds is 3. The summed E-state index contributed by atoms with van der Waals surface area (Å²) in [5.41, 5.74) is 1.15. The number of aromatic amines is 1. The standard InChI is InChI=1S/C10H10N4O2/c15-8-3-1-7(2-4-8)5-11-10(16)9-6-12-14-13-9/h1-4,6,15H,5H2,(H,11,16)(H,12,13,14). The van der Waals surface area contributed by atoms with Gasteiger partial charge in [-0.3, -0.25) is 4.79 Å². The molecule has 1 heterocycles. The maximum Gasteiger partial charge on any atom is 0.273 e. The molecule has 2 rings (SSSR count). The molecule has 6 heteroatoms. The van der Waals surface area contributed by atoms with Crippen molar-refractivity contribution in [2.75, 3.05) is 0 Å². The molecule has 0 spiro atoms. The number of benzene rings is 1. The number of nitrogens with one attached hydrogen (secondary N) is 2. The van der Waals surface area contributed by atoms with E-state index in [0.29, 0.717) is 6.54 Å². The van der Waals surface area contributed by atoms with Gasteiger partial charge in [0.25, 0.3) is 5.91 Å². The third-order valence-electron chi connectivity index (χ3n) is 2.04. The Morgan fingerprint density at radius 1 is 1.38 bits per heavy atom. The highest BCUT2D eigenvalue weighted by molar-refractivity contribution is 5.91. The van der Waals surface area contributed by atoms with Gasteiger partial charge >= 0.3 is 0 Å². The predicted octanol–water partition coefficient (Wildman–Crippen LogP) is 0.440. The second-order valence-electron chi connectivity index (χ2n) is 3.20. The third-order valence-corrected chi connectivity index (χ3v) is 2.04. The van der Waals surface area contributed by atoms with Crippen molar-refractivity contribution in [1.29, 1.82) is 0 Å². The highest BCUT2D eigenvalue weighted by Gasteiger charge is 2.07. The van der Waals surface area contributed by atoms with Crippen LogP contribution in [-0.2, 0) is 6.54 Å². The van der Waals surface area contributed by atoms with Crippen molar-refractivity contribution in [1.82, 2.24) is 20.7 Å². The molecule has 1 amide bonds. The van der Waals surface area contributed by atoms with Crippen LogP contribution in [-0.4, -0.2) is 26.4 Å². The lowest BCUT2D eigenvalue weighted by molar-refractivity contribution is 0.0946. The van der Waals surface area contributed by atoms with Gasteiger partial charge in [-0.15, -0.1) is 0 Å². The molecule has 82 valence electrons. The molecule has 1 aromatic carbocycles. The molecule has 3 N–H and O–H groups in total. The molecule has 0 fully saturated rings. The zero-order valence-electron chi connectivity index (χ0n) is 8.34. The zero-order chi connectivity index (χ0) is 11.4. The summed E-state index contributed by atoms with van der Waals surface area (Å²) in [6, 6.07) is 6.60. The van der Waals surface area contributed by atoms with Crippen LogP contribution in [0.25, 0.3) is 0 Å². The van der Waals surface area contributed by atoms with E-state index in [4.69, 9.17) is 5.11 Å². The second-order valence-corrected chi connectivity index (χ2v) is 3.20. The van der Waals surface area contributed by atoms with Crippen LogP contribution in [0.5, 0.6) is 5.75 Å². The Hall–Kier alpha value is -2.37. The van der Waals surface area contributed by atoms with Crippen molar-refractivity contribution in [2.45, 2.75) is 6.54 Å². The number of amides is 1. The molecule has 0 unspecified atom stereocenters. The number of phenolic OH excluding ortho intramolecular Hbond substituents is 1. The number of carbonyl (C=O) groups is 1. The van der Waals surface area contributed by atoms with E-state index in [1.807, 2.05) is 0 Å². The average molecular weight is 218 g/mol. The number of hydrogen-bond donors (Lipinski definition) is 3. The minimum atomic E-state index is -0.290. The Morgan fingerprint density at radius 3 is 2.75 bits per heavy atom. The maximum atomic E-state index is 11.5. The van der Waals surface area contributed by atoms with Crippen LogP contribution in [0, 0.1) is 0 Å². The Balaban J connectivity index is 1.93. The Bertz CT molecular complexity index is 464. The first-order valence-electron chi connectivity index (χ1n) is 4.67. The number of aromatic nitrogens is 3. The van der Waals surface area contributed by atoms with Crippen molar-refractivity contribution in [3.63, 3.8) is 0 Å². The summed E-state index contributed by atoms with van der Waals surface area (Å²) in [6.45, 7) is 0.381. The van der Waals surface area contributed by atoms with Crippen LogP contribution in [0.3, 0.4) is 0 Å². The summed E-state index contributed by atoms with van der Waals surface area (Å²) in [5.74, 6) is -0.0894. The first kappa shape index (κ1) is 10.2. The average Bonchev–Trinajstić information content (AvgIpc) is 2.81. The van der Waals surface area contributed by atoms with Gasteiger partial charge in [-0.1, -0.05) is 12.1 Å². The monoisotopic (exact) mass is 218 g/mol. The summed E-state index contributed by atoms with van der Waals surface area (Å²) in [4.78, 5) is 11.5. The second kappa shape index (κ2) is 4.43. The highest BCUT2D eigenvalue weighted by Crippen LogP contribution is 2.09. The van der Waals surface area contributed by atoms with E-state index in [1.54, 1.807) is 24.3 Å². The minimum absolute atomic E-state index is 0.201. The topological polar surface area (TPSA) is 90.9 Å². The van der Waals surface area contributed by atoms with Crippen molar-refractivity contribution >= 4 is 5.91 Å². The fourth-order valence-electron chi connectivity index (χ4n) is 1.20. The molecule has 0 bridgehead atoms. The summed E-state index contributed by atoms with van der Waals surface area (Å²) in [5, 5.41) is 21.3. The molecule has 0 saturated heterocycles. The first-order chi connectivity index (χ1) is 7.75. The molecule has 1 aromatic heterocycles. The van der Waals surface area contributed by atoms with Gasteiger partial charge < -0.3 is 10.4 Å². The summed E-state index contributed by atoms with van der Waals surface area (Å²) >= 11 is 0. The fourth-order valence-corrected chi connectivity index (χ4v) is 1.20. The SMILES string of the molecule is O=C(NCc1ccc(O)cc1)c1cn[nH]n1. The van der Waals surface area contributed by atoms with Crippen molar-refractivity contribution in [3.05, 3.63) is 41.7 Å². The maximum absolute atomic E-state index is 11.5. The van der Waals surface area contributed by atoms with Crippen LogP contribution in [0.1, 0.15) is 16.1 Å². The van der Waals surface area contributed by atoms with Crippen molar-refractivity contribution in [2.24, 2.45) is 0 Å². The van der Waals surface area contributed by atoms with Gasteiger partial charge in [-0.2, -0.15) is 15.4 Å². The number of H-pyrrole nitrogens is 1. The molecule has 16 heavy (non-hydrogen) atoms. The van der Waals surface area contributed by atoms with Crippen LogP contribution >= 0.6 is 0 Å². The number of hydrogen-bond acceptors (Lipinski definition) is 4. The van der Waals surface area contributed by atoms with Gasteiger partial charge in [0.05, 0.1) is 6.20 Å². The minimum Gasteiger partial charge on any atom is -0.508 e. The lowest BCUT2D eigenvalue weighted by Gasteiger charge is -2.02. The molecule has 0 aliphatic carbocycles. The molecule has 6 nitrogen and oxygen atoms in total. The molecular formula is C10H10N4O2. The molecule has 2 aromatic rings. The molecule has 0 atom stereocenters. The van der Waals surface area contributed by atoms with Crippen molar-refractivity contribution in [3.8, 4) is 5.75 Å². The number of phenols is 1. The van der Waals surface area contributed by atoms with Gasteiger partial charge in [0.1, 0.15) is 5.75 Å². The summed E-state index contributed by atoms with van der Waals surface area (Å²) in [6.07, 6.45) is 1.35. The fraction of sp³-hybridized carbons (Fsp3) is 0.100. The Morgan fingerprint density at radius 2 is 2.12 bits per heavy atom. The molecule has 0 saturated carbocycles. The third kappa shape index (κ3) is 2.35. The van der Waals surface area contributed by atoms with E-state index in [0.717, 1.165) is 5.56 Å². The van der Waals surface area contributed by atoms with E-state index in [-0.39, 0.29) is 17.4 Å². The van der Waals surface area contributed by atoms with Crippen molar-refractivity contribution < 1.29 is 9.90 Å². The lowest BCUT2D eigenvalue weighted by atomic mass is 10.2. The first-order valence-corrected chi connectivity index (χ1v) is 4.67. The molecule has 0 radical (unpaired) electrons. The summed E-state index contributed by atoms with van der Waals surface area (Å²) < 4.78 is 0. The van der Waals surface area contributed by atoms with E-state index in [1.165, 1.54) is 6.20 Å². The van der Waals surface area contributed by atoms with E-state index in [9.17, 15) is 4.79 Å². The van der Waals surface area contributed by atoms with Crippen LogP contribution in [0.2, 0.25) is 0 Å². The Kier molecular flexibility index (Phi) is 2.81. The van der Waals surface area contributed by atoms with Gasteiger partial charge in [0.15, 0.2) is 5.69 Å². The van der Waals surface area contributed by atoms with E-state index < -0.39 is 0 Å². The number of aromatic hydroxyl groups is 1. The largest absolute Gasteiger partial charge is 0.508 e. The number of carbonyl (C=O) groups excluding carboxylic acids is 1. The van der Waals surface area contributed by atoms with Gasteiger partial charge in [-0.25, -0.2) is 0 Å². The molecule has 0 aliphatic rings. The Labute approximate surface area is 91.3 Å². The summed E-state index contributed by atoms with van der Waals surface area (Å²) in [7, 11) is 0. The van der Waals surface area contributed by atoms with Gasteiger partial charge in [0, 0.05) is 6.54 Å². The predicted molar refractivity (Wildman–Crippen MR) is 55.7 cm³/mol. The smallest absolute Gasteiger partial charge is 0.273 e. The van der Waals surface area contributed by atoms with Crippen LogP contribution in [0.4, 0.5) is 0 Å². The quantitative estimate of drug-likeness (QED) is 0.697. The van der Waals surface area contributed by atoms with Crippen LogP contribution < -0.4 is 5.32 Å². The van der Waals surface area contributed by atoms with E-state index >= 15 is 0 Å². The molecular weight excluding hydrogens is 208 g/mol. The molecule has 0 aliphatic heterocycles. The number of nitrogens with zero attached hydrogens (tertiary/aromatic N) is 2. The van der Waals surface area contributed by atoms with E-state index in [2.05, 4.69) is 20.7 Å². The van der Waals surface area contributed by atoms with Crippen LogP contribution in [0.15, 0.2) is 30.5 Å². The van der Waals surface area contributed by atoms with Gasteiger partial charge in [-0.05, 0) is 17.7 Å². The highest BCUT2D eigenvalue weighted by atomic mass is 16.3. The lowest BCUT2D eigenvalue weighted by Crippen LogP contribution is -2.23. The van der Waals surface area contributed by atoms with Gasteiger partial charge in [0.2, 0.25) is 0 Å². The zero-order valence-corrected chi connectivity index (χ0v) is 8.34.